The van der Waals surface area contributed by atoms with Gasteiger partial charge < -0.3 is 10.6 Å². The van der Waals surface area contributed by atoms with Gasteiger partial charge in [0.1, 0.15) is 0 Å². The van der Waals surface area contributed by atoms with Crippen LogP contribution in [0.2, 0.25) is 0 Å². The van der Waals surface area contributed by atoms with Gasteiger partial charge in [-0.3, -0.25) is 9.59 Å². The Labute approximate surface area is 104 Å². The molecule has 0 heterocycles. The topological polar surface area (TPSA) is 58.2 Å². The third-order valence-corrected chi connectivity index (χ3v) is 3.09. The van der Waals surface area contributed by atoms with Gasteiger partial charge in [0.05, 0.1) is 11.8 Å². The number of hydrogen-bond acceptors (Lipinski definition) is 2. The van der Waals surface area contributed by atoms with Gasteiger partial charge in [0, 0.05) is 13.1 Å². The van der Waals surface area contributed by atoms with E-state index in [0.717, 1.165) is 38.6 Å². The molecule has 1 aliphatic rings. The second kappa shape index (κ2) is 7.30. The summed E-state index contributed by atoms with van der Waals surface area (Å²) in [4.78, 5) is 23.2. The summed E-state index contributed by atoms with van der Waals surface area (Å²) in [6, 6.07) is 0. The van der Waals surface area contributed by atoms with Crippen LogP contribution < -0.4 is 10.6 Å². The lowest BCUT2D eigenvalue weighted by molar-refractivity contribution is -0.127. The second-order valence-corrected chi connectivity index (χ2v) is 4.74. The van der Waals surface area contributed by atoms with Gasteiger partial charge in [-0.05, 0) is 19.3 Å². The van der Waals surface area contributed by atoms with Crippen LogP contribution in [0.15, 0.2) is 0 Å². The molecule has 0 aliphatic heterocycles. The van der Waals surface area contributed by atoms with E-state index in [1.54, 1.807) is 0 Å². The Balaban J connectivity index is 2.12. The highest BCUT2D eigenvalue weighted by molar-refractivity contribution is 5.92. The molecule has 98 valence electrons. The molecule has 1 fully saturated rings. The van der Waals surface area contributed by atoms with E-state index in [-0.39, 0.29) is 23.7 Å². The number of amides is 2. The van der Waals surface area contributed by atoms with Crippen LogP contribution in [0.25, 0.3) is 0 Å². The fourth-order valence-corrected chi connectivity index (χ4v) is 1.87. The molecule has 1 aliphatic carbocycles. The summed E-state index contributed by atoms with van der Waals surface area (Å²) in [5.41, 5.74) is 0. The van der Waals surface area contributed by atoms with Crippen molar-refractivity contribution >= 4 is 11.8 Å². The Morgan fingerprint density at radius 3 is 2.06 bits per heavy atom. The van der Waals surface area contributed by atoms with Gasteiger partial charge in [-0.2, -0.15) is 0 Å². The van der Waals surface area contributed by atoms with Crippen molar-refractivity contribution in [2.24, 2.45) is 11.8 Å². The summed E-state index contributed by atoms with van der Waals surface area (Å²) in [6.07, 6.45) is 4.98. The van der Waals surface area contributed by atoms with E-state index >= 15 is 0 Å². The molecule has 0 aromatic rings. The average Bonchev–Trinajstić information content (AvgIpc) is 3.11. The molecule has 1 saturated carbocycles. The maximum absolute atomic E-state index is 11.7. The Hall–Kier alpha value is -1.06. The number of rotatable bonds is 8. The molecule has 2 amide bonds. The van der Waals surface area contributed by atoms with Gasteiger partial charge in [0.25, 0.3) is 0 Å². The lowest BCUT2D eigenvalue weighted by Gasteiger charge is -2.04. The van der Waals surface area contributed by atoms with Crippen molar-refractivity contribution in [1.82, 2.24) is 10.6 Å². The van der Waals surface area contributed by atoms with Crippen LogP contribution in [0.4, 0.5) is 0 Å². The van der Waals surface area contributed by atoms with Gasteiger partial charge in [0.15, 0.2) is 0 Å². The summed E-state index contributed by atoms with van der Waals surface area (Å²) in [7, 11) is 0. The molecule has 2 atom stereocenters. The number of nitrogens with one attached hydrogen (secondary N) is 2. The van der Waals surface area contributed by atoms with E-state index in [1.165, 1.54) is 0 Å². The van der Waals surface area contributed by atoms with Crippen molar-refractivity contribution in [3.8, 4) is 0 Å². The molecule has 4 nitrogen and oxygen atoms in total. The Morgan fingerprint density at radius 2 is 1.53 bits per heavy atom. The van der Waals surface area contributed by atoms with Crippen molar-refractivity contribution in [3.63, 3.8) is 0 Å². The molecule has 0 bridgehead atoms. The lowest BCUT2D eigenvalue weighted by Crippen LogP contribution is -2.30. The largest absolute Gasteiger partial charge is 0.356 e. The highest BCUT2D eigenvalue weighted by Gasteiger charge is 2.47. The van der Waals surface area contributed by atoms with Crippen LogP contribution in [-0.4, -0.2) is 24.9 Å². The molecule has 4 heteroatoms. The Morgan fingerprint density at radius 1 is 0.941 bits per heavy atom. The summed E-state index contributed by atoms with van der Waals surface area (Å²) >= 11 is 0. The van der Waals surface area contributed by atoms with Gasteiger partial charge in [-0.15, -0.1) is 0 Å². The van der Waals surface area contributed by atoms with Crippen molar-refractivity contribution < 1.29 is 9.59 Å². The van der Waals surface area contributed by atoms with Crippen LogP contribution in [0.3, 0.4) is 0 Å². The van der Waals surface area contributed by atoms with Crippen molar-refractivity contribution in [1.29, 1.82) is 0 Å². The standard InChI is InChI=1S/C13H24N2O2/c1-3-5-6-8-15-13(17)11-9-10(11)12(16)14-7-4-2/h10-11H,3-9H2,1-2H3,(H,14,16)(H,15,17). The zero-order valence-corrected chi connectivity index (χ0v) is 10.9. The van der Waals surface area contributed by atoms with E-state index in [1.807, 2.05) is 6.92 Å². The Kier molecular flexibility index (Phi) is 6.01. The van der Waals surface area contributed by atoms with Crippen molar-refractivity contribution in [2.45, 2.75) is 46.0 Å². The molecular formula is C13H24N2O2. The smallest absolute Gasteiger partial charge is 0.223 e. The molecule has 0 aromatic carbocycles. The van der Waals surface area contributed by atoms with Crippen molar-refractivity contribution in [2.75, 3.05) is 13.1 Å². The second-order valence-electron chi connectivity index (χ2n) is 4.74. The molecular weight excluding hydrogens is 216 g/mol. The fourth-order valence-electron chi connectivity index (χ4n) is 1.87. The highest BCUT2D eigenvalue weighted by Crippen LogP contribution is 2.38. The van der Waals surface area contributed by atoms with E-state index in [9.17, 15) is 9.59 Å². The molecule has 1 rings (SSSR count). The highest BCUT2D eigenvalue weighted by atomic mass is 16.2. The SMILES string of the molecule is CCCCCNC(=O)C1CC1C(=O)NCCC. The lowest BCUT2D eigenvalue weighted by atomic mass is 10.2. The molecule has 0 aromatic heterocycles. The number of hydrogen-bond donors (Lipinski definition) is 2. The maximum Gasteiger partial charge on any atom is 0.223 e. The van der Waals surface area contributed by atoms with Crippen LogP contribution >= 0.6 is 0 Å². The van der Waals surface area contributed by atoms with Gasteiger partial charge in [0.2, 0.25) is 11.8 Å². The van der Waals surface area contributed by atoms with E-state index in [0.29, 0.717) is 6.54 Å². The molecule has 17 heavy (non-hydrogen) atoms. The van der Waals surface area contributed by atoms with Gasteiger partial charge in [-0.25, -0.2) is 0 Å². The van der Waals surface area contributed by atoms with E-state index in [4.69, 9.17) is 0 Å². The number of carbonyl (C=O) groups is 2. The molecule has 2 unspecified atom stereocenters. The molecule has 0 radical (unpaired) electrons. The summed E-state index contributed by atoms with van der Waals surface area (Å²) in [5, 5.41) is 5.74. The molecule has 0 saturated heterocycles. The van der Waals surface area contributed by atoms with Crippen LogP contribution in [0.1, 0.15) is 46.0 Å². The minimum absolute atomic E-state index is 0.0422. The first-order chi connectivity index (χ1) is 8.20. The monoisotopic (exact) mass is 240 g/mol. The summed E-state index contributed by atoms with van der Waals surface area (Å²) in [5.74, 6) is -0.0560. The zero-order valence-electron chi connectivity index (χ0n) is 10.9. The first-order valence-corrected chi connectivity index (χ1v) is 6.76. The Bertz CT molecular complexity index is 266. The van der Waals surface area contributed by atoms with E-state index in [2.05, 4.69) is 17.6 Å². The fraction of sp³-hybridized carbons (Fsp3) is 0.846. The first-order valence-electron chi connectivity index (χ1n) is 6.76. The van der Waals surface area contributed by atoms with Crippen LogP contribution in [0.5, 0.6) is 0 Å². The van der Waals surface area contributed by atoms with Crippen LogP contribution in [0, 0.1) is 11.8 Å². The maximum atomic E-state index is 11.7. The van der Waals surface area contributed by atoms with Crippen LogP contribution in [-0.2, 0) is 9.59 Å². The number of carbonyl (C=O) groups excluding carboxylic acids is 2. The predicted octanol–water partition coefficient (Wildman–Crippen LogP) is 1.46. The minimum Gasteiger partial charge on any atom is -0.356 e. The molecule has 2 N–H and O–H groups in total. The quantitative estimate of drug-likeness (QED) is 0.631. The first kappa shape index (κ1) is 14.0. The van der Waals surface area contributed by atoms with Gasteiger partial charge >= 0.3 is 0 Å². The average molecular weight is 240 g/mol. The third kappa shape index (κ3) is 4.75. The predicted molar refractivity (Wildman–Crippen MR) is 67.4 cm³/mol. The third-order valence-electron chi connectivity index (χ3n) is 3.09. The zero-order chi connectivity index (χ0) is 12.7. The van der Waals surface area contributed by atoms with Crippen molar-refractivity contribution in [3.05, 3.63) is 0 Å². The molecule has 0 spiro atoms. The minimum atomic E-state index is -0.0762. The normalized spacial score (nSPS) is 22.0. The van der Waals surface area contributed by atoms with Gasteiger partial charge in [-0.1, -0.05) is 26.7 Å². The van der Waals surface area contributed by atoms with E-state index < -0.39 is 0 Å². The summed E-state index contributed by atoms with van der Waals surface area (Å²) < 4.78 is 0. The summed E-state index contributed by atoms with van der Waals surface area (Å²) in [6.45, 7) is 5.61. The number of unbranched alkanes of at least 4 members (excludes halogenated alkanes) is 2.